The monoisotopic (exact) mass is 514 g/mol. The minimum atomic E-state index is -0.424. The minimum absolute atomic E-state index is 0.198. The largest absolute Gasteiger partial charge is 0.488 e. The summed E-state index contributed by atoms with van der Waals surface area (Å²) in [6.07, 6.45) is 1.54. The number of benzene rings is 3. The van der Waals surface area contributed by atoms with Gasteiger partial charge in [-0.2, -0.15) is 5.10 Å². The fourth-order valence-electron chi connectivity index (χ4n) is 2.82. The van der Waals surface area contributed by atoms with Crippen LogP contribution in [0.3, 0.4) is 0 Å². The molecule has 1 N–H and O–H groups in total. The second-order valence-corrected chi connectivity index (χ2v) is 7.62. The first-order valence-corrected chi connectivity index (χ1v) is 10.2. The van der Waals surface area contributed by atoms with Gasteiger partial charge in [0.25, 0.3) is 0 Å². The van der Waals surface area contributed by atoms with Crippen LogP contribution in [-0.2, 0) is 6.61 Å². The lowest BCUT2D eigenvalue weighted by Crippen LogP contribution is -2.16. The molecule has 0 radical (unpaired) electrons. The van der Waals surface area contributed by atoms with Gasteiger partial charge in [-0.3, -0.25) is 4.79 Å². The minimum Gasteiger partial charge on any atom is -0.488 e. The molecular formula is C23H16FIN2O3. The standard InChI is InChI=1S/C23H16FIN2O3/c24-18-6-3-4-16(10-18)14-29-21-9-8-15(11-19(21)25)13-26-27-23(28)22-12-17-5-1-2-7-20(17)30-22/h1-13H,14H2,(H,27,28)/b26-13+. The third-order valence-corrected chi connectivity index (χ3v) is 5.11. The lowest BCUT2D eigenvalue weighted by atomic mass is 10.2. The molecule has 0 atom stereocenters. The number of hydrogen-bond acceptors (Lipinski definition) is 4. The highest BCUT2D eigenvalue weighted by Crippen LogP contribution is 2.23. The Balaban J connectivity index is 1.36. The molecule has 0 aliphatic heterocycles. The number of furan rings is 1. The number of hydrogen-bond donors (Lipinski definition) is 1. The van der Waals surface area contributed by atoms with E-state index in [9.17, 15) is 9.18 Å². The van der Waals surface area contributed by atoms with Gasteiger partial charge in [0.15, 0.2) is 5.76 Å². The average Bonchev–Trinajstić information content (AvgIpc) is 3.18. The van der Waals surface area contributed by atoms with Gasteiger partial charge in [-0.15, -0.1) is 0 Å². The van der Waals surface area contributed by atoms with Crippen LogP contribution in [0.5, 0.6) is 5.75 Å². The normalized spacial score (nSPS) is 11.1. The fraction of sp³-hybridized carbons (Fsp3) is 0.0435. The summed E-state index contributed by atoms with van der Waals surface area (Å²) >= 11 is 2.15. The van der Waals surface area contributed by atoms with E-state index in [-0.39, 0.29) is 18.2 Å². The summed E-state index contributed by atoms with van der Waals surface area (Å²) in [5.74, 6) is 0.168. The van der Waals surface area contributed by atoms with Crippen LogP contribution < -0.4 is 10.2 Å². The summed E-state index contributed by atoms with van der Waals surface area (Å²) in [7, 11) is 0. The molecule has 150 valence electrons. The third-order valence-electron chi connectivity index (χ3n) is 4.27. The Labute approximate surface area is 185 Å². The number of hydrazone groups is 1. The van der Waals surface area contributed by atoms with E-state index in [4.69, 9.17) is 9.15 Å². The predicted molar refractivity (Wildman–Crippen MR) is 121 cm³/mol. The molecule has 0 saturated heterocycles. The molecule has 1 heterocycles. The van der Waals surface area contributed by atoms with Crippen LogP contribution in [0.25, 0.3) is 11.0 Å². The predicted octanol–water partition coefficient (Wildman–Crippen LogP) is 5.52. The van der Waals surface area contributed by atoms with Crippen molar-refractivity contribution >= 4 is 45.7 Å². The van der Waals surface area contributed by atoms with Gasteiger partial charge in [-0.1, -0.05) is 30.3 Å². The van der Waals surface area contributed by atoms with E-state index in [0.29, 0.717) is 11.3 Å². The Bertz CT molecular complexity index is 1200. The molecule has 1 amide bonds. The van der Waals surface area contributed by atoms with Crippen LogP contribution >= 0.6 is 22.6 Å². The van der Waals surface area contributed by atoms with Gasteiger partial charge in [0.2, 0.25) is 0 Å². The number of para-hydroxylation sites is 1. The maximum Gasteiger partial charge on any atom is 0.307 e. The number of rotatable bonds is 6. The zero-order valence-corrected chi connectivity index (χ0v) is 17.8. The van der Waals surface area contributed by atoms with E-state index in [2.05, 4.69) is 33.1 Å². The van der Waals surface area contributed by atoms with Gasteiger partial charge >= 0.3 is 5.91 Å². The highest BCUT2D eigenvalue weighted by atomic mass is 127. The van der Waals surface area contributed by atoms with Crippen molar-refractivity contribution in [1.29, 1.82) is 0 Å². The number of carbonyl (C=O) groups excluding carboxylic acids is 1. The quantitative estimate of drug-likeness (QED) is 0.210. The van der Waals surface area contributed by atoms with Crippen LogP contribution in [0.2, 0.25) is 0 Å². The first kappa shape index (κ1) is 20.1. The van der Waals surface area contributed by atoms with Crippen LogP contribution in [0.1, 0.15) is 21.7 Å². The van der Waals surface area contributed by atoms with E-state index >= 15 is 0 Å². The SMILES string of the molecule is O=C(N/N=C/c1ccc(OCc2cccc(F)c2)c(I)c1)c1cc2ccccc2o1. The van der Waals surface area contributed by atoms with Gasteiger partial charge in [0.1, 0.15) is 23.8 Å². The molecule has 0 fully saturated rings. The van der Waals surface area contributed by atoms with Crippen molar-refractivity contribution in [3.8, 4) is 5.75 Å². The molecule has 0 bridgehead atoms. The smallest absolute Gasteiger partial charge is 0.307 e. The Morgan fingerprint density at radius 2 is 1.97 bits per heavy atom. The third kappa shape index (κ3) is 4.85. The summed E-state index contributed by atoms with van der Waals surface area (Å²) in [4.78, 5) is 12.2. The molecule has 0 aliphatic carbocycles. The maximum absolute atomic E-state index is 13.3. The van der Waals surface area contributed by atoms with Crippen LogP contribution in [-0.4, -0.2) is 12.1 Å². The topological polar surface area (TPSA) is 63.8 Å². The van der Waals surface area contributed by atoms with Crippen molar-refractivity contribution in [3.05, 3.63) is 99.1 Å². The number of halogens is 2. The molecule has 5 nitrogen and oxygen atoms in total. The van der Waals surface area contributed by atoms with Gasteiger partial charge in [-0.25, -0.2) is 9.82 Å². The molecule has 7 heteroatoms. The Morgan fingerprint density at radius 1 is 1.10 bits per heavy atom. The molecule has 4 aromatic rings. The Hall–Kier alpha value is -3.20. The molecule has 0 saturated carbocycles. The second kappa shape index (κ2) is 9.08. The molecular weight excluding hydrogens is 498 g/mol. The van der Waals surface area contributed by atoms with Gasteiger partial charge in [0, 0.05) is 5.39 Å². The van der Waals surface area contributed by atoms with Crippen molar-refractivity contribution in [2.24, 2.45) is 5.10 Å². The molecule has 3 aromatic carbocycles. The Kier molecular flexibility index (Phi) is 6.08. The summed E-state index contributed by atoms with van der Waals surface area (Å²) in [5.41, 5.74) is 4.66. The highest BCUT2D eigenvalue weighted by molar-refractivity contribution is 14.1. The zero-order chi connectivity index (χ0) is 20.9. The first-order valence-electron chi connectivity index (χ1n) is 9.07. The lowest BCUT2D eigenvalue weighted by molar-refractivity contribution is 0.0929. The first-order chi connectivity index (χ1) is 14.6. The summed E-state index contributed by atoms with van der Waals surface area (Å²) in [6, 6.07) is 20.9. The van der Waals surface area contributed by atoms with Crippen molar-refractivity contribution in [2.75, 3.05) is 0 Å². The molecule has 0 spiro atoms. The van der Waals surface area contributed by atoms with E-state index in [0.717, 1.165) is 20.1 Å². The van der Waals surface area contributed by atoms with Crippen molar-refractivity contribution in [1.82, 2.24) is 5.43 Å². The van der Waals surface area contributed by atoms with Crippen molar-refractivity contribution in [2.45, 2.75) is 6.61 Å². The molecule has 0 aliphatic rings. The summed E-state index contributed by atoms with van der Waals surface area (Å²) in [5, 5.41) is 4.85. The van der Waals surface area contributed by atoms with E-state index in [1.165, 1.54) is 12.1 Å². The maximum atomic E-state index is 13.3. The Morgan fingerprint density at radius 3 is 2.77 bits per heavy atom. The van der Waals surface area contributed by atoms with Crippen LogP contribution in [0.15, 0.2) is 82.3 Å². The van der Waals surface area contributed by atoms with Crippen LogP contribution in [0.4, 0.5) is 4.39 Å². The van der Waals surface area contributed by atoms with Gasteiger partial charge in [-0.05, 0) is 76.2 Å². The zero-order valence-electron chi connectivity index (χ0n) is 15.6. The van der Waals surface area contributed by atoms with E-state index < -0.39 is 5.91 Å². The van der Waals surface area contributed by atoms with E-state index in [1.807, 2.05) is 42.5 Å². The van der Waals surface area contributed by atoms with Crippen LogP contribution in [0, 0.1) is 9.39 Å². The van der Waals surface area contributed by atoms with Gasteiger partial charge in [0.05, 0.1) is 9.78 Å². The summed E-state index contributed by atoms with van der Waals surface area (Å²) in [6.45, 7) is 0.273. The van der Waals surface area contributed by atoms with Gasteiger partial charge < -0.3 is 9.15 Å². The lowest BCUT2D eigenvalue weighted by Gasteiger charge is -2.09. The molecule has 1 aromatic heterocycles. The number of ether oxygens (including phenoxy) is 1. The molecule has 4 rings (SSSR count). The fourth-order valence-corrected chi connectivity index (χ4v) is 3.51. The molecule has 0 unspecified atom stereocenters. The number of nitrogens with one attached hydrogen (secondary N) is 1. The van der Waals surface area contributed by atoms with E-state index in [1.54, 1.807) is 24.4 Å². The number of carbonyl (C=O) groups is 1. The van der Waals surface area contributed by atoms with Crippen molar-refractivity contribution in [3.63, 3.8) is 0 Å². The number of nitrogens with zero attached hydrogens (tertiary/aromatic N) is 1. The number of fused-ring (bicyclic) bond motifs is 1. The van der Waals surface area contributed by atoms with Crippen molar-refractivity contribution < 1.29 is 18.3 Å². The number of amides is 1. The molecule has 30 heavy (non-hydrogen) atoms. The average molecular weight is 514 g/mol. The highest BCUT2D eigenvalue weighted by Gasteiger charge is 2.11. The summed E-state index contributed by atoms with van der Waals surface area (Å²) < 4.78 is 25.4. The second-order valence-electron chi connectivity index (χ2n) is 6.46.